The van der Waals surface area contributed by atoms with Gasteiger partial charge < -0.3 is 11.1 Å². The highest BCUT2D eigenvalue weighted by molar-refractivity contribution is 5.92. The van der Waals surface area contributed by atoms with Gasteiger partial charge in [-0.1, -0.05) is 0 Å². The number of primary amides is 1. The second kappa shape index (κ2) is 4.01. The van der Waals surface area contributed by atoms with Crippen molar-refractivity contribution in [3.8, 4) is 0 Å². The Bertz CT molecular complexity index is 502. The number of hydrogen-bond acceptors (Lipinski definition) is 4. The molecule has 0 aliphatic heterocycles. The molecular weight excluding hydrogens is 206 g/mol. The number of nitrogens with zero attached hydrogens (tertiary/aromatic N) is 3. The molecule has 16 heavy (non-hydrogen) atoms. The summed E-state index contributed by atoms with van der Waals surface area (Å²) in [5.74, 6) is 0.151. The van der Waals surface area contributed by atoms with Crippen LogP contribution in [0, 0.1) is 0 Å². The summed E-state index contributed by atoms with van der Waals surface area (Å²) in [4.78, 5) is 14.9. The molecule has 1 amide bonds. The predicted molar refractivity (Wildman–Crippen MR) is 59.2 cm³/mol. The first-order valence-corrected chi connectivity index (χ1v) is 4.66. The number of aryl methyl sites for hydroxylation is 1. The molecular formula is C10H11N5O. The van der Waals surface area contributed by atoms with Gasteiger partial charge in [0.25, 0.3) is 0 Å². The second-order valence-corrected chi connectivity index (χ2v) is 3.32. The Morgan fingerprint density at radius 1 is 1.44 bits per heavy atom. The van der Waals surface area contributed by atoms with Crippen molar-refractivity contribution < 1.29 is 4.79 Å². The van der Waals surface area contributed by atoms with Crippen LogP contribution in [0.4, 0.5) is 11.5 Å². The normalized spacial score (nSPS) is 10.1. The van der Waals surface area contributed by atoms with E-state index >= 15 is 0 Å². The van der Waals surface area contributed by atoms with Crippen LogP contribution in [0.15, 0.2) is 30.7 Å². The predicted octanol–water partition coefficient (Wildman–Crippen LogP) is 0.658. The highest BCUT2D eigenvalue weighted by Crippen LogP contribution is 2.12. The standard InChI is InChI=1S/C10H11N5O/c1-15-6-8(5-13-15)14-9-3-2-7(4-12-9)10(11)16/h2-6H,1H3,(H2,11,16)(H,12,14). The molecule has 0 bridgehead atoms. The van der Waals surface area contributed by atoms with E-state index in [2.05, 4.69) is 15.4 Å². The zero-order valence-electron chi connectivity index (χ0n) is 8.71. The minimum Gasteiger partial charge on any atom is -0.366 e. The molecule has 0 fully saturated rings. The molecule has 0 aliphatic carbocycles. The van der Waals surface area contributed by atoms with Crippen LogP contribution in [0.3, 0.4) is 0 Å². The van der Waals surface area contributed by atoms with Crippen molar-refractivity contribution in [1.29, 1.82) is 0 Å². The van der Waals surface area contributed by atoms with Crippen molar-refractivity contribution in [1.82, 2.24) is 14.8 Å². The third-order valence-electron chi connectivity index (χ3n) is 2.03. The molecule has 0 aromatic carbocycles. The van der Waals surface area contributed by atoms with Gasteiger partial charge in [-0.2, -0.15) is 5.10 Å². The van der Waals surface area contributed by atoms with Gasteiger partial charge in [0.1, 0.15) is 5.82 Å². The molecule has 3 N–H and O–H groups in total. The van der Waals surface area contributed by atoms with E-state index in [0.717, 1.165) is 5.69 Å². The van der Waals surface area contributed by atoms with Crippen molar-refractivity contribution in [2.75, 3.05) is 5.32 Å². The summed E-state index contributed by atoms with van der Waals surface area (Å²) in [7, 11) is 1.83. The van der Waals surface area contributed by atoms with E-state index in [1.165, 1.54) is 6.20 Å². The maximum atomic E-state index is 10.8. The maximum absolute atomic E-state index is 10.8. The Balaban J connectivity index is 2.14. The first-order valence-electron chi connectivity index (χ1n) is 4.66. The first-order chi connectivity index (χ1) is 7.65. The average Bonchev–Trinajstić information content (AvgIpc) is 2.65. The largest absolute Gasteiger partial charge is 0.366 e. The van der Waals surface area contributed by atoms with Crippen molar-refractivity contribution in [2.24, 2.45) is 12.8 Å². The number of rotatable bonds is 3. The molecule has 2 rings (SSSR count). The topological polar surface area (TPSA) is 85.8 Å². The molecule has 0 unspecified atom stereocenters. The number of nitrogens with one attached hydrogen (secondary N) is 1. The number of anilines is 2. The molecule has 0 aliphatic rings. The zero-order chi connectivity index (χ0) is 11.5. The van der Waals surface area contributed by atoms with Crippen LogP contribution in [-0.4, -0.2) is 20.7 Å². The second-order valence-electron chi connectivity index (χ2n) is 3.32. The fourth-order valence-corrected chi connectivity index (χ4v) is 1.25. The number of aromatic nitrogens is 3. The Labute approximate surface area is 92.1 Å². The summed E-state index contributed by atoms with van der Waals surface area (Å²) >= 11 is 0. The van der Waals surface area contributed by atoms with Crippen molar-refractivity contribution in [3.05, 3.63) is 36.3 Å². The van der Waals surface area contributed by atoms with E-state index in [-0.39, 0.29) is 0 Å². The van der Waals surface area contributed by atoms with Crippen LogP contribution in [-0.2, 0) is 7.05 Å². The van der Waals surface area contributed by atoms with Gasteiger partial charge >= 0.3 is 0 Å². The molecule has 0 saturated carbocycles. The summed E-state index contributed by atoms with van der Waals surface area (Å²) in [5.41, 5.74) is 6.33. The van der Waals surface area contributed by atoms with Crippen LogP contribution in [0.25, 0.3) is 0 Å². The molecule has 82 valence electrons. The molecule has 2 aromatic rings. The summed E-state index contributed by atoms with van der Waals surface area (Å²) in [6.45, 7) is 0. The number of carbonyl (C=O) groups is 1. The van der Waals surface area contributed by atoms with E-state index in [9.17, 15) is 4.79 Å². The monoisotopic (exact) mass is 217 g/mol. The minimum absolute atomic E-state index is 0.386. The average molecular weight is 217 g/mol. The molecule has 2 aromatic heterocycles. The van der Waals surface area contributed by atoms with E-state index in [0.29, 0.717) is 11.4 Å². The lowest BCUT2D eigenvalue weighted by molar-refractivity contribution is 0.1000. The first kappa shape index (κ1) is 10.2. The van der Waals surface area contributed by atoms with Crippen LogP contribution in [0.5, 0.6) is 0 Å². The van der Waals surface area contributed by atoms with Crippen LogP contribution < -0.4 is 11.1 Å². The molecule has 2 heterocycles. The number of hydrogen-bond donors (Lipinski definition) is 2. The third-order valence-corrected chi connectivity index (χ3v) is 2.03. The summed E-state index contributed by atoms with van der Waals surface area (Å²) in [6, 6.07) is 3.31. The van der Waals surface area contributed by atoms with E-state index in [1.807, 2.05) is 13.2 Å². The summed E-state index contributed by atoms with van der Waals surface area (Å²) in [6.07, 6.45) is 4.94. The summed E-state index contributed by atoms with van der Waals surface area (Å²) < 4.78 is 1.68. The van der Waals surface area contributed by atoms with Crippen molar-refractivity contribution in [3.63, 3.8) is 0 Å². The Morgan fingerprint density at radius 3 is 2.75 bits per heavy atom. The molecule has 0 saturated heterocycles. The fraction of sp³-hybridized carbons (Fsp3) is 0.100. The minimum atomic E-state index is -0.486. The third kappa shape index (κ3) is 2.17. The Kier molecular flexibility index (Phi) is 2.55. The van der Waals surface area contributed by atoms with E-state index < -0.39 is 5.91 Å². The molecule has 0 atom stereocenters. The number of nitrogens with two attached hydrogens (primary N) is 1. The molecule has 6 heteroatoms. The molecule has 0 spiro atoms. The van der Waals surface area contributed by atoms with Gasteiger partial charge in [0, 0.05) is 19.4 Å². The van der Waals surface area contributed by atoms with Gasteiger partial charge in [0.05, 0.1) is 17.4 Å². The lowest BCUT2D eigenvalue weighted by atomic mass is 10.3. The van der Waals surface area contributed by atoms with Gasteiger partial charge in [-0.25, -0.2) is 4.98 Å². The molecule has 6 nitrogen and oxygen atoms in total. The lowest BCUT2D eigenvalue weighted by Crippen LogP contribution is -2.11. The van der Waals surface area contributed by atoms with Crippen LogP contribution >= 0.6 is 0 Å². The highest BCUT2D eigenvalue weighted by atomic mass is 16.1. The lowest BCUT2D eigenvalue weighted by Gasteiger charge is -2.02. The Morgan fingerprint density at radius 2 is 2.25 bits per heavy atom. The van der Waals surface area contributed by atoms with Crippen LogP contribution in [0.1, 0.15) is 10.4 Å². The number of carbonyl (C=O) groups excluding carboxylic acids is 1. The van der Waals surface area contributed by atoms with Gasteiger partial charge in [-0.3, -0.25) is 9.48 Å². The molecule has 0 radical (unpaired) electrons. The van der Waals surface area contributed by atoms with E-state index in [4.69, 9.17) is 5.73 Å². The smallest absolute Gasteiger partial charge is 0.250 e. The van der Waals surface area contributed by atoms with Crippen LogP contribution in [0.2, 0.25) is 0 Å². The van der Waals surface area contributed by atoms with E-state index in [1.54, 1.807) is 23.0 Å². The van der Waals surface area contributed by atoms with Gasteiger partial charge in [0.2, 0.25) is 5.91 Å². The van der Waals surface area contributed by atoms with Gasteiger partial charge in [-0.05, 0) is 12.1 Å². The highest BCUT2D eigenvalue weighted by Gasteiger charge is 2.01. The fourth-order valence-electron chi connectivity index (χ4n) is 1.25. The SMILES string of the molecule is Cn1cc(Nc2ccc(C(N)=O)cn2)cn1. The Hall–Kier alpha value is -2.37. The van der Waals surface area contributed by atoms with Gasteiger partial charge in [0.15, 0.2) is 0 Å². The van der Waals surface area contributed by atoms with Crippen molar-refractivity contribution >= 4 is 17.4 Å². The summed E-state index contributed by atoms with van der Waals surface area (Å²) in [5, 5.41) is 7.06. The van der Waals surface area contributed by atoms with Crippen molar-refractivity contribution in [2.45, 2.75) is 0 Å². The maximum Gasteiger partial charge on any atom is 0.250 e. The zero-order valence-corrected chi connectivity index (χ0v) is 8.71. The number of pyridine rings is 1. The van der Waals surface area contributed by atoms with Gasteiger partial charge in [-0.15, -0.1) is 0 Å². The quantitative estimate of drug-likeness (QED) is 0.790. The number of amides is 1.